The summed E-state index contributed by atoms with van der Waals surface area (Å²) in [5.41, 5.74) is -0.207. The molecular formula is C9H15ClN2O2. The summed E-state index contributed by atoms with van der Waals surface area (Å²) in [6.07, 6.45) is 0. The van der Waals surface area contributed by atoms with E-state index in [-0.39, 0.29) is 11.0 Å². The van der Waals surface area contributed by atoms with Gasteiger partial charge in [0.05, 0.1) is 11.0 Å². The van der Waals surface area contributed by atoms with Crippen LogP contribution in [0.15, 0.2) is 4.52 Å². The second-order valence-corrected chi connectivity index (χ2v) is 4.72. The summed E-state index contributed by atoms with van der Waals surface area (Å²) in [5.74, 6) is 0.960. The molecule has 1 rings (SSSR count). The Morgan fingerprint density at radius 3 is 2.57 bits per heavy atom. The third-order valence-corrected chi connectivity index (χ3v) is 1.66. The van der Waals surface area contributed by atoms with E-state index in [4.69, 9.17) is 20.9 Å². The van der Waals surface area contributed by atoms with Gasteiger partial charge in [-0.15, -0.1) is 11.6 Å². The predicted molar refractivity (Wildman–Crippen MR) is 53.1 cm³/mol. The summed E-state index contributed by atoms with van der Waals surface area (Å²) in [4.78, 5) is 4.08. The van der Waals surface area contributed by atoms with Crippen LogP contribution in [0, 0.1) is 0 Å². The van der Waals surface area contributed by atoms with E-state index in [0.29, 0.717) is 18.3 Å². The molecule has 0 amide bonds. The SMILES string of the molecule is CC(Cl)c1noc(COC(C)(C)C)n1. The van der Waals surface area contributed by atoms with Crippen LogP contribution >= 0.6 is 11.6 Å². The maximum absolute atomic E-state index is 5.78. The average molecular weight is 219 g/mol. The summed E-state index contributed by atoms with van der Waals surface area (Å²) in [7, 11) is 0. The van der Waals surface area contributed by atoms with Gasteiger partial charge in [-0.1, -0.05) is 5.16 Å². The maximum Gasteiger partial charge on any atom is 0.252 e. The van der Waals surface area contributed by atoms with E-state index < -0.39 is 0 Å². The quantitative estimate of drug-likeness (QED) is 0.732. The second kappa shape index (κ2) is 4.28. The van der Waals surface area contributed by atoms with E-state index >= 15 is 0 Å². The van der Waals surface area contributed by atoms with Gasteiger partial charge >= 0.3 is 0 Å². The average Bonchev–Trinajstić information content (AvgIpc) is 2.47. The van der Waals surface area contributed by atoms with Crippen molar-refractivity contribution in [3.63, 3.8) is 0 Å². The predicted octanol–water partition coefficient (Wildman–Crippen LogP) is 2.68. The zero-order chi connectivity index (χ0) is 10.8. The van der Waals surface area contributed by atoms with Crippen molar-refractivity contribution >= 4 is 11.6 Å². The first-order chi connectivity index (χ1) is 6.38. The molecule has 0 aliphatic heterocycles. The Bertz CT molecular complexity index is 291. The number of alkyl halides is 1. The fourth-order valence-electron chi connectivity index (χ4n) is 0.766. The van der Waals surface area contributed by atoms with Crippen molar-refractivity contribution in [1.29, 1.82) is 0 Å². The summed E-state index contributed by atoms with van der Waals surface area (Å²) >= 11 is 5.78. The number of aromatic nitrogens is 2. The molecule has 14 heavy (non-hydrogen) atoms. The van der Waals surface area contributed by atoms with Gasteiger partial charge < -0.3 is 9.26 Å². The smallest absolute Gasteiger partial charge is 0.252 e. The normalized spacial score (nSPS) is 14.4. The van der Waals surface area contributed by atoms with Crippen molar-refractivity contribution in [1.82, 2.24) is 10.1 Å². The van der Waals surface area contributed by atoms with Crippen LogP contribution in [0.5, 0.6) is 0 Å². The number of nitrogens with zero attached hydrogens (tertiary/aromatic N) is 2. The van der Waals surface area contributed by atoms with Gasteiger partial charge in [-0.25, -0.2) is 0 Å². The minimum atomic E-state index is -0.234. The molecule has 1 aromatic heterocycles. The zero-order valence-electron chi connectivity index (χ0n) is 8.87. The number of hydrogen-bond donors (Lipinski definition) is 0. The largest absolute Gasteiger partial charge is 0.366 e. The molecule has 0 fully saturated rings. The van der Waals surface area contributed by atoms with Crippen molar-refractivity contribution in [2.24, 2.45) is 0 Å². The lowest BCUT2D eigenvalue weighted by Crippen LogP contribution is -2.18. The highest BCUT2D eigenvalue weighted by Crippen LogP contribution is 2.16. The number of halogens is 1. The Morgan fingerprint density at radius 1 is 1.50 bits per heavy atom. The third-order valence-electron chi connectivity index (χ3n) is 1.47. The van der Waals surface area contributed by atoms with Gasteiger partial charge in [-0.2, -0.15) is 4.98 Å². The Kier molecular flexibility index (Phi) is 3.50. The lowest BCUT2D eigenvalue weighted by molar-refractivity contribution is -0.0260. The molecule has 1 unspecified atom stereocenters. The molecule has 80 valence electrons. The van der Waals surface area contributed by atoms with Crippen LogP contribution in [-0.4, -0.2) is 15.7 Å². The van der Waals surface area contributed by atoms with Gasteiger partial charge in [0.15, 0.2) is 5.82 Å². The second-order valence-electron chi connectivity index (χ2n) is 4.06. The zero-order valence-corrected chi connectivity index (χ0v) is 9.63. The first-order valence-electron chi connectivity index (χ1n) is 4.49. The summed E-state index contributed by atoms with van der Waals surface area (Å²) in [5, 5.41) is 3.48. The van der Waals surface area contributed by atoms with Crippen LogP contribution in [0.1, 0.15) is 44.8 Å². The molecule has 0 saturated heterocycles. The Balaban J connectivity index is 2.52. The van der Waals surface area contributed by atoms with Crippen molar-refractivity contribution in [2.75, 3.05) is 0 Å². The number of hydrogen-bond acceptors (Lipinski definition) is 4. The fraction of sp³-hybridized carbons (Fsp3) is 0.778. The molecular weight excluding hydrogens is 204 g/mol. The molecule has 1 heterocycles. The van der Waals surface area contributed by atoms with Crippen molar-refractivity contribution in [3.05, 3.63) is 11.7 Å². The molecule has 0 spiro atoms. The monoisotopic (exact) mass is 218 g/mol. The lowest BCUT2D eigenvalue weighted by atomic mass is 10.2. The van der Waals surface area contributed by atoms with E-state index in [1.165, 1.54) is 0 Å². The number of rotatable bonds is 3. The Labute approximate surface area is 88.6 Å². The molecule has 0 aliphatic rings. The first-order valence-corrected chi connectivity index (χ1v) is 4.92. The summed E-state index contributed by atoms with van der Waals surface area (Å²) < 4.78 is 10.4. The van der Waals surface area contributed by atoms with E-state index in [1.54, 1.807) is 6.92 Å². The standard InChI is InChI=1S/C9H15ClN2O2/c1-6(10)8-11-7(14-12-8)5-13-9(2,3)4/h6H,5H2,1-4H3. The van der Waals surface area contributed by atoms with Crippen molar-refractivity contribution in [2.45, 2.75) is 45.3 Å². The van der Waals surface area contributed by atoms with Crippen molar-refractivity contribution in [3.8, 4) is 0 Å². The molecule has 4 nitrogen and oxygen atoms in total. The van der Waals surface area contributed by atoms with Gasteiger partial charge in [0, 0.05) is 0 Å². The topological polar surface area (TPSA) is 48.2 Å². The number of ether oxygens (including phenoxy) is 1. The minimum Gasteiger partial charge on any atom is -0.366 e. The fourth-order valence-corrected chi connectivity index (χ4v) is 0.855. The summed E-state index contributed by atoms with van der Waals surface area (Å²) in [6.45, 7) is 8.01. The molecule has 1 atom stereocenters. The molecule has 5 heteroatoms. The van der Waals surface area contributed by atoms with Crippen molar-refractivity contribution < 1.29 is 9.26 Å². The molecule has 0 bridgehead atoms. The van der Waals surface area contributed by atoms with Gasteiger partial charge in [0.25, 0.3) is 5.89 Å². The van der Waals surface area contributed by atoms with Crippen LogP contribution in [0.3, 0.4) is 0 Å². The summed E-state index contributed by atoms with van der Waals surface area (Å²) in [6, 6.07) is 0. The minimum absolute atomic E-state index is 0.207. The Morgan fingerprint density at radius 2 is 2.14 bits per heavy atom. The van der Waals surface area contributed by atoms with Crippen LogP contribution in [0.2, 0.25) is 0 Å². The maximum atomic E-state index is 5.78. The van der Waals surface area contributed by atoms with E-state index in [2.05, 4.69) is 10.1 Å². The van der Waals surface area contributed by atoms with Crippen LogP contribution in [-0.2, 0) is 11.3 Å². The van der Waals surface area contributed by atoms with Gasteiger partial charge in [0.1, 0.15) is 6.61 Å². The molecule has 0 aromatic carbocycles. The van der Waals surface area contributed by atoms with Gasteiger partial charge in [0.2, 0.25) is 0 Å². The Hall–Kier alpha value is -0.610. The molecule has 1 aromatic rings. The highest BCUT2D eigenvalue weighted by molar-refractivity contribution is 6.20. The van der Waals surface area contributed by atoms with E-state index in [9.17, 15) is 0 Å². The highest BCUT2D eigenvalue weighted by Gasteiger charge is 2.15. The molecule has 0 N–H and O–H groups in total. The molecule has 0 radical (unpaired) electrons. The van der Waals surface area contributed by atoms with E-state index in [0.717, 1.165) is 0 Å². The van der Waals surface area contributed by atoms with Gasteiger partial charge in [-0.05, 0) is 27.7 Å². The molecule has 0 saturated carbocycles. The van der Waals surface area contributed by atoms with Crippen LogP contribution in [0.4, 0.5) is 0 Å². The lowest BCUT2D eigenvalue weighted by Gasteiger charge is -2.17. The van der Waals surface area contributed by atoms with Crippen LogP contribution < -0.4 is 0 Å². The molecule has 0 aliphatic carbocycles. The third kappa shape index (κ3) is 3.64. The van der Waals surface area contributed by atoms with E-state index in [1.807, 2.05) is 20.8 Å². The van der Waals surface area contributed by atoms with Crippen LogP contribution in [0.25, 0.3) is 0 Å². The highest BCUT2D eigenvalue weighted by atomic mass is 35.5. The first kappa shape index (κ1) is 11.5. The van der Waals surface area contributed by atoms with Gasteiger partial charge in [-0.3, -0.25) is 0 Å².